The lowest BCUT2D eigenvalue weighted by atomic mass is 10.0. The highest BCUT2D eigenvalue weighted by atomic mass is 16.4. The van der Waals surface area contributed by atoms with E-state index < -0.39 is 5.97 Å². The van der Waals surface area contributed by atoms with Crippen LogP contribution in [0, 0.1) is 6.92 Å². The summed E-state index contributed by atoms with van der Waals surface area (Å²) in [5.41, 5.74) is 3.62. The van der Waals surface area contributed by atoms with Crippen LogP contribution in [0.4, 0.5) is 5.69 Å². The number of nitrogens with zero attached hydrogens (tertiary/aromatic N) is 3. The molecule has 170 valence electrons. The van der Waals surface area contributed by atoms with Gasteiger partial charge in [-0.15, -0.1) is 0 Å². The molecule has 0 aliphatic heterocycles. The van der Waals surface area contributed by atoms with E-state index in [1.54, 1.807) is 41.1 Å². The van der Waals surface area contributed by atoms with Crippen molar-refractivity contribution in [3.63, 3.8) is 0 Å². The van der Waals surface area contributed by atoms with Crippen molar-refractivity contribution in [3.8, 4) is 11.5 Å². The molecule has 0 bridgehead atoms. The van der Waals surface area contributed by atoms with E-state index >= 15 is 0 Å². The summed E-state index contributed by atoms with van der Waals surface area (Å²) < 4.78 is 7.94. The molecule has 5 aromatic rings. The predicted octanol–water partition coefficient (Wildman–Crippen LogP) is 4.92. The molecule has 0 fully saturated rings. The number of aromatic nitrogens is 3. The zero-order valence-corrected chi connectivity index (χ0v) is 18.9. The number of carboxylic acid groups (broad SMARTS) is 1. The number of fused-ring (bicyclic) bond motifs is 2. The van der Waals surface area contributed by atoms with Gasteiger partial charge < -0.3 is 14.8 Å². The molecular formula is C26H22N4O4. The van der Waals surface area contributed by atoms with Gasteiger partial charge in [-0.3, -0.25) is 9.48 Å². The van der Waals surface area contributed by atoms with E-state index in [0.29, 0.717) is 33.8 Å². The summed E-state index contributed by atoms with van der Waals surface area (Å²) in [5.74, 6) is -0.678. The molecule has 3 heterocycles. The number of hydrogen-bond acceptors (Lipinski definition) is 6. The Kier molecular flexibility index (Phi) is 5.13. The summed E-state index contributed by atoms with van der Waals surface area (Å²) in [6.07, 6.45) is 1.87. The van der Waals surface area contributed by atoms with Gasteiger partial charge in [0.25, 0.3) is 0 Å². The molecule has 0 aliphatic carbocycles. The number of aryl methyl sites for hydroxylation is 2. The largest absolute Gasteiger partial charge is 0.478 e. The van der Waals surface area contributed by atoms with Crippen LogP contribution in [0.1, 0.15) is 34.5 Å². The lowest BCUT2D eigenvalue weighted by Gasteiger charge is -2.19. The molecule has 1 unspecified atom stereocenters. The monoisotopic (exact) mass is 454 g/mol. The molecule has 0 radical (unpaired) electrons. The third-order valence-corrected chi connectivity index (χ3v) is 5.73. The van der Waals surface area contributed by atoms with Crippen molar-refractivity contribution in [1.82, 2.24) is 14.8 Å². The highest BCUT2D eigenvalue weighted by Crippen LogP contribution is 2.31. The molecule has 5 rings (SSSR count). The Morgan fingerprint density at radius 2 is 1.94 bits per heavy atom. The van der Waals surface area contributed by atoms with Crippen LogP contribution in [0.15, 0.2) is 70.0 Å². The standard InChI is InChI=1S/C26H22N4O4/c1-14-10-18(15(2)27-20-7-5-4-6-17(20)26(32)33)24-19(11-14)22(31)12-23(34-24)21-9-8-16-13-30(3)29-25(16)28-21/h4-13,15,27H,1-3H3,(H,32,33). The van der Waals surface area contributed by atoms with Gasteiger partial charge in [0.1, 0.15) is 11.3 Å². The van der Waals surface area contributed by atoms with Crippen molar-refractivity contribution in [2.75, 3.05) is 5.32 Å². The van der Waals surface area contributed by atoms with Gasteiger partial charge in [0, 0.05) is 35.9 Å². The Morgan fingerprint density at radius 1 is 1.15 bits per heavy atom. The third kappa shape index (κ3) is 3.79. The number of carboxylic acids is 1. The van der Waals surface area contributed by atoms with Crippen LogP contribution >= 0.6 is 0 Å². The van der Waals surface area contributed by atoms with Crippen molar-refractivity contribution >= 4 is 33.7 Å². The van der Waals surface area contributed by atoms with Crippen LogP contribution in [0.3, 0.4) is 0 Å². The molecule has 0 saturated heterocycles. The zero-order valence-electron chi connectivity index (χ0n) is 18.9. The van der Waals surface area contributed by atoms with Crippen molar-refractivity contribution in [2.24, 2.45) is 7.05 Å². The number of benzene rings is 2. The average Bonchev–Trinajstić information content (AvgIpc) is 3.18. The Morgan fingerprint density at radius 3 is 2.74 bits per heavy atom. The molecule has 0 saturated carbocycles. The number of anilines is 1. The Hall–Kier alpha value is -4.46. The molecule has 0 amide bonds. The number of carbonyl (C=O) groups is 1. The number of para-hydroxylation sites is 1. The lowest BCUT2D eigenvalue weighted by Crippen LogP contribution is -2.12. The molecular weight excluding hydrogens is 432 g/mol. The van der Waals surface area contributed by atoms with Gasteiger partial charge in [0.2, 0.25) is 0 Å². The van der Waals surface area contributed by atoms with Gasteiger partial charge in [-0.25, -0.2) is 9.78 Å². The van der Waals surface area contributed by atoms with E-state index in [0.717, 1.165) is 16.5 Å². The number of nitrogens with one attached hydrogen (secondary N) is 1. The van der Waals surface area contributed by atoms with Crippen molar-refractivity contribution in [3.05, 3.63) is 87.7 Å². The van der Waals surface area contributed by atoms with E-state index in [1.807, 2.05) is 39.2 Å². The first kappa shape index (κ1) is 21.4. The van der Waals surface area contributed by atoms with E-state index in [1.165, 1.54) is 6.07 Å². The summed E-state index contributed by atoms with van der Waals surface area (Å²) in [4.78, 5) is 29.3. The SMILES string of the molecule is Cc1cc(C(C)Nc2ccccc2C(=O)O)c2oc(-c3ccc4cn(C)nc4n3)cc(=O)c2c1. The molecule has 1 atom stereocenters. The number of hydrogen-bond donors (Lipinski definition) is 2. The minimum atomic E-state index is -1.02. The lowest BCUT2D eigenvalue weighted by molar-refractivity contribution is 0.0698. The van der Waals surface area contributed by atoms with Crippen LogP contribution in [-0.4, -0.2) is 25.8 Å². The minimum absolute atomic E-state index is 0.168. The van der Waals surface area contributed by atoms with E-state index in [2.05, 4.69) is 15.4 Å². The summed E-state index contributed by atoms with van der Waals surface area (Å²) >= 11 is 0. The first-order chi connectivity index (χ1) is 16.3. The Balaban J connectivity index is 1.64. The molecule has 8 nitrogen and oxygen atoms in total. The minimum Gasteiger partial charge on any atom is -0.478 e. The quantitative estimate of drug-likeness (QED) is 0.388. The summed E-state index contributed by atoms with van der Waals surface area (Å²) in [7, 11) is 1.82. The fourth-order valence-corrected chi connectivity index (χ4v) is 4.15. The molecule has 3 aromatic heterocycles. The highest BCUT2D eigenvalue weighted by Gasteiger charge is 2.19. The van der Waals surface area contributed by atoms with Gasteiger partial charge in [-0.2, -0.15) is 5.10 Å². The van der Waals surface area contributed by atoms with Gasteiger partial charge in [0.15, 0.2) is 16.8 Å². The summed E-state index contributed by atoms with van der Waals surface area (Å²) in [6, 6.07) is 15.2. The van der Waals surface area contributed by atoms with Crippen molar-refractivity contribution in [2.45, 2.75) is 19.9 Å². The second-order valence-electron chi connectivity index (χ2n) is 8.33. The molecule has 8 heteroatoms. The first-order valence-electron chi connectivity index (χ1n) is 10.8. The van der Waals surface area contributed by atoms with Gasteiger partial charge in [-0.1, -0.05) is 18.2 Å². The molecule has 34 heavy (non-hydrogen) atoms. The van der Waals surface area contributed by atoms with E-state index in [9.17, 15) is 14.7 Å². The average molecular weight is 454 g/mol. The van der Waals surface area contributed by atoms with Crippen LogP contribution in [0.5, 0.6) is 0 Å². The zero-order chi connectivity index (χ0) is 24.0. The number of aromatic carboxylic acids is 1. The summed E-state index contributed by atoms with van der Waals surface area (Å²) in [6.45, 7) is 3.81. The smallest absolute Gasteiger partial charge is 0.337 e. The van der Waals surface area contributed by atoms with Gasteiger partial charge in [-0.05, 0) is 49.7 Å². The Labute approximate surface area is 194 Å². The number of pyridine rings is 1. The maximum atomic E-state index is 13.1. The highest BCUT2D eigenvalue weighted by molar-refractivity contribution is 5.94. The van der Waals surface area contributed by atoms with E-state index in [-0.39, 0.29) is 17.0 Å². The van der Waals surface area contributed by atoms with Crippen molar-refractivity contribution < 1.29 is 14.3 Å². The summed E-state index contributed by atoms with van der Waals surface area (Å²) in [5, 5.41) is 18.5. The predicted molar refractivity (Wildman–Crippen MR) is 130 cm³/mol. The fraction of sp³-hybridized carbons (Fsp3) is 0.154. The normalized spacial score (nSPS) is 12.2. The molecule has 2 N–H and O–H groups in total. The Bertz CT molecular complexity index is 1630. The molecule has 0 aliphatic rings. The fourth-order valence-electron chi connectivity index (χ4n) is 4.15. The van der Waals surface area contributed by atoms with Crippen molar-refractivity contribution in [1.29, 1.82) is 0 Å². The van der Waals surface area contributed by atoms with E-state index in [4.69, 9.17) is 4.42 Å². The van der Waals surface area contributed by atoms with Crippen LogP contribution in [0.25, 0.3) is 33.5 Å². The molecule has 0 spiro atoms. The second-order valence-corrected chi connectivity index (χ2v) is 8.33. The van der Waals surface area contributed by atoms with Gasteiger partial charge in [0.05, 0.1) is 17.0 Å². The van der Waals surface area contributed by atoms with Crippen LogP contribution in [-0.2, 0) is 7.05 Å². The second kappa shape index (κ2) is 8.15. The third-order valence-electron chi connectivity index (χ3n) is 5.73. The maximum Gasteiger partial charge on any atom is 0.337 e. The first-order valence-corrected chi connectivity index (χ1v) is 10.8. The van der Waals surface area contributed by atoms with Gasteiger partial charge >= 0.3 is 5.97 Å². The van der Waals surface area contributed by atoms with Crippen LogP contribution in [0.2, 0.25) is 0 Å². The molecule has 2 aromatic carbocycles. The van der Waals surface area contributed by atoms with Crippen LogP contribution < -0.4 is 10.7 Å². The topological polar surface area (TPSA) is 110 Å². The maximum absolute atomic E-state index is 13.1. The number of rotatable bonds is 5.